The third kappa shape index (κ3) is 3.13. The first kappa shape index (κ1) is 11.8. The van der Waals surface area contributed by atoms with Gasteiger partial charge >= 0.3 is 0 Å². The monoisotopic (exact) mass is 323 g/mol. The lowest BCUT2D eigenvalue weighted by molar-refractivity contribution is 0.0942. The number of halogens is 2. The third-order valence-corrected chi connectivity index (χ3v) is 2.72. The first-order chi connectivity index (χ1) is 6.50. The van der Waals surface area contributed by atoms with Crippen LogP contribution in [0.25, 0.3) is 0 Å². The maximum absolute atomic E-state index is 11.6. The fraction of sp³-hybridized carbons (Fsp3) is 0.300. The summed E-state index contributed by atoms with van der Waals surface area (Å²) in [6.45, 7) is 3.86. The summed E-state index contributed by atoms with van der Waals surface area (Å²) in [4.78, 5) is 11.6. The van der Waals surface area contributed by atoms with Gasteiger partial charge in [0.05, 0.1) is 5.56 Å². The summed E-state index contributed by atoms with van der Waals surface area (Å²) in [6, 6.07) is 5.38. The van der Waals surface area contributed by atoms with Crippen LogP contribution in [0.4, 0.5) is 0 Å². The van der Waals surface area contributed by atoms with Gasteiger partial charge in [-0.1, -0.05) is 11.6 Å². The number of hydrogen-bond acceptors (Lipinski definition) is 1. The summed E-state index contributed by atoms with van der Waals surface area (Å²) in [5.41, 5.74) is 0.670. The average Bonchev–Trinajstić information content (AvgIpc) is 2.01. The van der Waals surface area contributed by atoms with Gasteiger partial charge < -0.3 is 5.32 Å². The SMILES string of the molecule is CC(C)NC(=O)c1ccc(Cl)cc1I. The summed E-state index contributed by atoms with van der Waals surface area (Å²) in [5, 5.41) is 3.48. The Morgan fingerprint density at radius 1 is 1.50 bits per heavy atom. The lowest BCUT2D eigenvalue weighted by Gasteiger charge is -2.09. The van der Waals surface area contributed by atoms with E-state index in [0.717, 1.165) is 3.57 Å². The molecule has 0 aliphatic heterocycles. The molecule has 0 atom stereocenters. The topological polar surface area (TPSA) is 29.1 Å². The summed E-state index contributed by atoms with van der Waals surface area (Å²) < 4.78 is 0.869. The van der Waals surface area contributed by atoms with Crippen LogP contribution in [0.1, 0.15) is 24.2 Å². The number of carbonyl (C=O) groups excluding carboxylic acids is 1. The Labute approximate surface area is 102 Å². The van der Waals surface area contributed by atoms with E-state index in [4.69, 9.17) is 11.6 Å². The molecule has 0 saturated heterocycles. The van der Waals surface area contributed by atoms with Crippen molar-refractivity contribution in [3.8, 4) is 0 Å². The second kappa shape index (κ2) is 4.98. The van der Waals surface area contributed by atoms with Gasteiger partial charge in [-0.25, -0.2) is 0 Å². The van der Waals surface area contributed by atoms with Crippen molar-refractivity contribution in [2.24, 2.45) is 0 Å². The van der Waals surface area contributed by atoms with Crippen molar-refractivity contribution >= 4 is 40.1 Å². The van der Waals surface area contributed by atoms with Crippen LogP contribution in [0.3, 0.4) is 0 Å². The van der Waals surface area contributed by atoms with Crippen molar-refractivity contribution in [3.63, 3.8) is 0 Å². The molecule has 0 heterocycles. The highest BCUT2D eigenvalue weighted by Crippen LogP contribution is 2.17. The zero-order valence-electron chi connectivity index (χ0n) is 7.97. The molecule has 0 aliphatic rings. The first-order valence-electron chi connectivity index (χ1n) is 4.26. The number of hydrogen-bond donors (Lipinski definition) is 1. The molecule has 4 heteroatoms. The Morgan fingerprint density at radius 2 is 2.14 bits per heavy atom. The molecule has 1 rings (SSSR count). The van der Waals surface area contributed by atoms with E-state index in [1.54, 1.807) is 18.2 Å². The minimum absolute atomic E-state index is 0.0546. The van der Waals surface area contributed by atoms with E-state index in [-0.39, 0.29) is 11.9 Å². The highest BCUT2D eigenvalue weighted by atomic mass is 127. The fourth-order valence-electron chi connectivity index (χ4n) is 1.01. The number of nitrogens with one attached hydrogen (secondary N) is 1. The van der Waals surface area contributed by atoms with Crippen LogP contribution < -0.4 is 5.32 Å². The van der Waals surface area contributed by atoms with Gasteiger partial charge in [-0.2, -0.15) is 0 Å². The molecule has 1 amide bonds. The Kier molecular flexibility index (Phi) is 4.19. The van der Waals surface area contributed by atoms with Crippen molar-refractivity contribution in [1.29, 1.82) is 0 Å². The molecule has 2 nitrogen and oxygen atoms in total. The summed E-state index contributed by atoms with van der Waals surface area (Å²) in [6.07, 6.45) is 0. The second-order valence-electron chi connectivity index (χ2n) is 3.25. The van der Waals surface area contributed by atoms with E-state index in [9.17, 15) is 4.79 Å². The largest absolute Gasteiger partial charge is 0.350 e. The molecule has 0 saturated carbocycles. The molecule has 76 valence electrons. The predicted octanol–water partition coefficient (Wildman–Crippen LogP) is 3.08. The van der Waals surface area contributed by atoms with Crippen molar-refractivity contribution in [2.45, 2.75) is 19.9 Å². The van der Waals surface area contributed by atoms with E-state index in [1.165, 1.54) is 0 Å². The maximum Gasteiger partial charge on any atom is 0.252 e. The van der Waals surface area contributed by atoms with Crippen LogP contribution >= 0.6 is 34.2 Å². The molecule has 0 spiro atoms. The smallest absolute Gasteiger partial charge is 0.252 e. The Balaban J connectivity index is 2.90. The van der Waals surface area contributed by atoms with Crippen molar-refractivity contribution in [2.75, 3.05) is 0 Å². The molecule has 0 aromatic heterocycles. The van der Waals surface area contributed by atoms with Crippen LogP contribution in [-0.2, 0) is 0 Å². The Hall–Kier alpha value is -0.290. The van der Waals surface area contributed by atoms with E-state index in [0.29, 0.717) is 10.6 Å². The van der Waals surface area contributed by atoms with Crippen LogP contribution in [0.2, 0.25) is 5.02 Å². The maximum atomic E-state index is 11.6. The van der Waals surface area contributed by atoms with Crippen molar-refractivity contribution < 1.29 is 4.79 Å². The predicted molar refractivity (Wildman–Crippen MR) is 66.8 cm³/mol. The standard InChI is InChI=1S/C10H11ClINO/c1-6(2)13-10(14)8-4-3-7(11)5-9(8)12/h3-6H,1-2H3,(H,13,14). The zero-order chi connectivity index (χ0) is 10.7. The Morgan fingerprint density at radius 3 is 2.64 bits per heavy atom. The molecule has 0 aliphatic carbocycles. The normalized spacial score (nSPS) is 10.4. The van der Waals surface area contributed by atoms with Gasteiger partial charge in [-0.15, -0.1) is 0 Å². The molecule has 1 N–H and O–H groups in total. The summed E-state index contributed by atoms with van der Waals surface area (Å²) in [7, 11) is 0. The molecular formula is C10H11ClINO. The van der Waals surface area contributed by atoms with Crippen LogP contribution in [0.15, 0.2) is 18.2 Å². The molecule has 0 radical (unpaired) electrons. The van der Waals surface area contributed by atoms with E-state index >= 15 is 0 Å². The van der Waals surface area contributed by atoms with E-state index in [1.807, 2.05) is 13.8 Å². The molecule has 0 unspecified atom stereocenters. The third-order valence-electron chi connectivity index (χ3n) is 1.60. The quantitative estimate of drug-likeness (QED) is 0.833. The van der Waals surface area contributed by atoms with Gasteiger partial charge in [0.15, 0.2) is 0 Å². The number of benzene rings is 1. The highest BCUT2D eigenvalue weighted by molar-refractivity contribution is 14.1. The zero-order valence-corrected chi connectivity index (χ0v) is 10.9. The molecule has 0 fully saturated rings. The van der Waals surface area contributed by atoms with Crippen molar-refractivity contribution in [1.82, 2.24) is 5.32 Å². The minimum Gasteiger partial charge on any atom is -0.350 e. The van der Waals surface area contributed by atoms with Crippen molar-refractivity contribution in [3.05, 3.63) is 32.4 Å². The lowest BCUT2D eigenvalue weighted by Crippen LogP contribution is -2.30. The average molecular weight is 324 g/mol. The molecule has 0 bridgehead atoms. The molecule has 1 aromatic carbocycles. The molecule has 1 aromatic rings. The second-order valence-corrected chi connectivity index (χ2v) is 4.85. The Bertz CT molecular complexity index is 352. The van der Waals surface area contributed by atoms with Gasteiger partial charge in [0.25, 0.3) is 5.91 Å². The first-order valence-corrected chi connectivity index (χ1v) is 5.72. The lowest BCUT2D eigenvalue weighted by atomic mass is 10.2. The minimum atomic E-state index is -0.0546. The number of carbonyl (C=O) groups is 1. The van der Waals surface area contributed by atoms with E-state index in [2.05, 4.69) is 27.9 Å². The highest BCUT2D eigenvalue weighted by Gasteiger charge is 2.10. The summed E-state index contributed by atoms with van der Waals surface area (Å²) in [5.74, 6) is -0.0546. The van der Waals surface area contributed by atoms with Crippen LogP contribution in [0, 0.1) is 3.57 Å². The van der Waals surface area contributed by atoms with Crippen LogP contribution in [-0.4, -0.2) is 11.9 Å². The molecule has 14 heavy (non-hydrogen) atoms. The van der Waals surface area contributed by atoms with Crippen LogP contribution in [0.5, 0.6) is 0 Å². The van der Waals surface area contributed by atoms with Gasteiger partial charge in [-0.3, -0.25) is 4.79 Å². The fourth-order valence-corrected chi connectivity index (χ4v) is 2.13. The number of rotatable bonds is 2. The number of amides is 1. The summed E-state index contributed by atoms with van der Waals surface area (Å²) >= 11 is 7.89. The van der Waals surface area contributed by atoms with Gasteiger partial charge in [-0.05, 0) is 54.6 Å². The van der Waals surface area contributed by atoms with E-state index < -0.39 is 0 Å². The van der Waals surface area contributed by atoms with Gasteiger partial charge in [0.1, 0.15) is 0 Å². The van der Waals surface area contributed by atoms with Gasteiger partial charge in [0.2, 0.25) is 0 Å². The molecular weight excluding hydrogens is 312 g/mol. The van der Waals surface area contributed by atoms with Gasteiger partial charge in [0, 0.05) is 14.6 Å².